The lowest BCUT2D eigenvalue weighted by Gasteiger charge is -2.19. The van der Waals surface area contributed by atoms with Crippen LogP contribution < -0.4 is 0 Å². The molecule has 0 heterocycles. The standard InChI is InChI=1S/C11H16O/c12-10-6-8-5-7-3-1-2-4-9(8)11(7)10/h7-9,11H,1-6H2/t7-,8+,9+,11+/m1/s1. The van der Waals surface area contributed by atoms with Gasteiger partial charge in [0.15, 0.2) is 0 Å². The van der Waals surface area contributed by atoms with E-state index in [-0.39, 0.29) is 0 Å². The normalized spacial score (nSPS) is 51.2. The Balaban J connectivity index is 1.95. The zero-order valence-corrected chi connectivity index (χ0v) is 7.46. The van der Waals surface area contributed by atoms with Crippen LogP contribution in [-0.2, 0) is 4.79 Å². The molecular weight excluding hydrogens is 148 g/mol. The molecule has 3 saturated carbocycles. The molecule has 12 heavy (non-hydrogen) atoms. The molecule has 4 atom stereocenters. The topological polar surface area (TPSA) is 17.1 Å². The average molecular weight is 164 g/mol. The smallest absolute Gasteiger partial charge is 0.136 e. The summed E-state index contributed by atoms with van der Waals surface area (Å²) >= 11 is 0. The molecule has 4 bridgehead atoms. The van der Waals surface area contributed by atoms with E-state index >= 15 is 0 Å². The van der Waals surface area contributed by atoms with E-state index < -0.39 is 0 Å². The van der Waals surface area contributed by atoms with E-state index in [9.17, 15) is 4.79 Å². The van der Waals surface area contributed by atoms with Crippen molar-refractivity contribution in [3.05, 3.63) is 0 Å². The molecule has 0 aromatic carbocycles. The second kappa shape index (κ2) is 2.34. The average Bonchev–Trinajstić information content (AvgIpc) is 2.41. The summed E-state index contributed by atoms with van der Waals surface area (Å²) in [5.41, 5.74) is 0. The van der Waals surface area contributed by atoms with Gasteiger partial charge in [-0.2, -0.15) is 0 Å². The van der Waals surface area contributed by atoms with Gasteiger partial charge in [0, 0.05) is 12.3 Å². The number of carbonyl (C=O) groups is 1. The molecule has 0 spiro atoms. The van der Waals surface area contributed by atoms with Crippen LogP contribution in [0.4, 0.5) is 0 Å². The fraction of sp³-hybridized carbons (Fsp3) is 0.909. The minimum atomic E-state index is 0.525. The van der Waals surface area contributed by atoms with Crippen molar-refractivity contribution >= 4 is 5.78 Å². The minimum Gasteiger partial charge on any atom is -0.299 e. The molecule has 3 aliphatic carbocycles. The second-order valence-corrected chi connectivity index (χ2v) is 4.90. The van der Waals surface area contributed by atoms with Gasteiger partial charge in [-0.15, -0.1) is 0 Å². The molecule has 0 aromatic heterocycles. The SMILES string of the molecule is O=C1C[C@@H]2C[C@H]3CCCC[C@@H]2[C@@H]13. The summed E-state index contributed by atoms with van der Waals surface area (Å²) in [5, 5.41) is 0. The lowest BCUT2D eigenvalue weighted by Crippen LogP contribution is -2.20. The summed E-state index contributed by atoms with van der Waals surface area (Å²) in [7, 11) is 0. The fourth-order valence-electron chi connectivity index (χ4n) is 3.98. The van der Waals surface area contributed by atoms with Crippen molar-refractivity contribution in [2.75, 3.05) is 0 Å². The summed E-state index contributed by atoms with van der Waals surface area (Å²) in [6.07, 6.45) is 7.81. The summed E-state index contributed by atoms with van der Waals surface area (Å²) in [6, 6.07) is 0. The van der Waals surface area contributed by atoms with Crippen molar-refractivity contribution in [1.82, 2.24) is 0 Å². The van der Waals surface area contributed by atoms with Crippen LogP contribution in [0.25, 0.3) is 0 Å². The van der Waals surface area contributed by atoms with Crippen molar-refractivity contribution in [3.63, 3.8) is 0 Å². The quantitative estimate of drug-likeness (QED) is 0.537. The van der Waals surface area contributed by atoms with Crippen LogP contribution in [0.1, 0.15) is 38.5 Å². The maximum Gasteiger partial charge on any atom is 0.136 e. The first-order valence-electron chi connectivity index (χ1n) is 5.39. The number of hydrogen-bond donors (Lipinski definition) is 0. The van der Waals surface area contributed by atoms with Gasteiger partial charge < -0.3 is 0 Å². The van der Waals surface area contributed by atoms with E-state index in [4.69, 9.17) is 0 Å². The van der Waals surface area contributed by atoms with Crippen molar-refractivity contribution in [1.29, 1.82) is 0 Å². The van der Waals surface area contributed by atoms with Crippen molar-refractivity contribution < 1.29 is 4.79 Å². The van der Waals surface area contributed by atoms with Gasteiger partial charge in [0.1, 0.15) is 5.78 Å². The van der Waals surface area contributed by atoms with E-state index in [0.717, 1.165) is 24.2 Å². The highest BCUT2D eigenvalue weighted by molar-refractivity contribution is 5.85. The van der Waals surface area contributed by atoms with Crippen molar-refractivity contribution in [3.8, 4) is 0 Å². The van der Waals surface area contributed by atoms with Crippen molar-refractivity contribution in [2.45, 2.75) is 38.5 Å². The summed E-state index contributed by atoms with van der Waals surface area (Å²) < 4.78 is 0. The van der Waals surface area contributed by atoms with Crippen molar-refractivity contribution in [2.24, 2.45) is 23.7 Å². The second-order valence-electron chi connectivity index (χ2n) is 4.90. The fourth-order valence-corrected chi connectivity index (χ4v) is 3.98. The van der Waals surface area contributed by atoms with Gasteiger partial charge in [-0.05, 0) is 37.0 Å². The molecule has 3 rings (SSSR count). The zero-order valence-electron chi connectivity index (χ0n) is 7.46. The Morgan fingerprint density at radius 2 is 1.92 bits per heavy atom. The maximum atomic E-state index is 11.6. The van der Waals surface area contributed by atoms with E-state index in [2.05, 4.69) is 0 Å². The first kappa shape index (κ1) is 7.11. The number of ketones is 1. The molecule has 66 valence electrons. The molecule has 3 fully saturated rings. The van der Waals surface area contributed by atoms with Gasteiger partial charge in [0.05, 0.1) is 0 Å². The third kappa shape index (κ3) is 0.773. The first-order valence-corrected chi connectivity index (χ1v) is 5.39. The van der Waals surface area contributed by atoms with Crippen LogP contribution in [-0.4, -0.2) is 5.78 Å². The minimum absolute atomic E-state index is 0.525. The molecule has 1 nitrogen and oxygen atoms in total. The molecule has 1 heteroatoms. The molecule has 0 unspecified atom stereocenters. The van der Waals surface area contributed by atoms with E-state index in [1.165, 1.54) is 32.1 Å². The Morgan fingerprint density at radius 1 is 1.08 bits per heavy atom. The Morgan fingerprint density at radius 3 is 2.83 bits per heavy atom. The highest BCUT2D eigenvalue weighted by Crippen LogP contribution is 2.55. The largest absolute Gasteiger partial charge is 0.299 e. The lowest BCUT2D eigenvalue weighted by molar-refractivity contribution is -0.123. The molecular formula is C11H16O. The van der Waals surface area contributed by atoms with E-state index in [0.29, 0.717) is 11.7 Å². The van der Waals surface area contributed by atoms with Gasteiger partial charge >= 0.3 is 0 Å². The Kier molecular flexibility index (Phi) is 1.38. The summed E-state index contributed by atoms with van der Waals surface area (Å²) in [5.74, 6) is 3.59. The van der Waals surface area contributed by atoms with Gasteiger partial charge in [-0.1, -0.05) is 12.8 Å². The lowest BCUT2D eigenvalue weighted by atomic mass is 9.85. The molecule has 0 amide bonds. The summed E-state index contributed by atoms with van der Waals surface area (Å²) in [6.45, 7) is 0. The van der Waals surface area contributed by atoms with Gasteiger partial charge in [0.25, 0.3) is 0 Å². The van der Waals surface area contributed by atoms with Gasteiger partial charge in [0.2, 0.25) is 0 Å². The third-order valence-corrected chi connectivity index (χ3v) is 4.38. The predicted octanol–water partition coefficient (Wildman–Crippen LogP) is 2.40. The van der Waals surface area contributed by atoms with Crippen LogP contribution in [0.5, 0.6) is 0 Å². The number of rotatable bonds is 0. The van der Waals surface area contributed by atoms with Crippen LogP contribution in [0.3, 0.4) is 0 Å². The maximum absolute atomic E-state index is 11.6. The van der Waals surface area contributed by atoms with E-state index in [1.807, 2.05) is 0 Å². The highest BCUT2D eigenvalue weighted by Gasteiger charge is 2.52. The predicted molar refractivity (Wildman–Crippen MR) is 46.7 cm³/mol. The Bertz CT molecular complexity index is 221. The highest BCUT2D eigenvalue weighted by atomic mass is 16.1. The van der Waals surface area contributed by atoms with Gasteiger partial charge in [-0.25, -0.2) is 0 Å². The molecule has 0 N–H and O–H groups in total. The molecule has 0 saturated heterocycles. The van der Waals surface area contributed by atoms with Gasteiger partial charge in [-0.3, -0.25) is 4.79 Å². The third-order valence-electron chi connectivity index (χ3n) is 4.38. The van der Waals surface area contributed by atoms with Crippen LogP contribution in [0.2, 0.25) is 0 Å². The van der Waals surface area contributed by atoms with Crippen LogP contribution in [0, 0.1) is 23.7 Å². The van der Waals surface area contributed by atoms with Crippen LogP contribution in [0.15, 0.2) is 0 Å². The Hall–Kier alpha value is -0.330. The number of carbonyl (C=O) groups excluding carboxylic acids is 1. The Labute approximate surface area is 73.5 Å². The first-order chi connectivity index (χ1) is 5.86. The summed E-state index contributed by atoms with van der Waals surface area (Å²) in [4.78, 5) is 11.6. The molecule has 0 aromatic rings. The number of hydrogen-bond acceptors (Lipinski definition) is 1. The van der Waals surface area contributed by atoms with Crippen LogP contribution >= 0.6 is 0 Å². The van der Waals surface area contributed by atoms with E-state index in [1.54, 1.807) is 0 Å². The number of Topliss-reactive ketones (excluding diaryl/α,β-unsaturated/α-hetero) is 1. The zero-order chi connectivity index (χ0) is 8.13. The molecule has 0 radical (unpaired) electrons. The monoisotopic (exact) mass is 164 g/mol. The molecule has 3 aliphatic rings. The molecule has 0 aliphatic heterocycles.